The van der Waals surface area contributed by atoms with E-state index in [0.29, 0.717) is 11.5 Å². The lowest BCUT2D eigenvalue weighted by Gasteiger charge is -2.30. The Labute approximate surface area is 374 Å². The minimum atomic E-state index is -5.59. The van der Waals surface area contributed by atoms with Crippen molar-refractivity contribution in [1.82, 2.24) is 30.2 Å². The third-order valence-electron chi connectivity index (χ3n) is 9.44. The first-order chi connectivity index (χ1) is 30.4. The number of anilines is 1. The summed E-state index contributed by atoms with van der Waals surface area (Å²) in [6, 6.07) is 16.4. The van der Waals surface area contributed by atoms with Crippen molar-refractivity contribution in [2.75, 3.05) is 37.8 Å². The zero-order chi connectivity index (χ0) is 47.7. The van der Waals surface area contributed by atoms with Crippen LogP contribution in [-0.4, -0.2) is 123 Å². The molecule has 0 spiro atoms. The van der Waals surface area contributed by atoms with Gasteiger partial charge >= 0.3 is 23.5 Å². The molecule has 1 saturated heterocycles. The van der Waals surface area contributed by atoms with Crippen LogP contribution in [0.15, 0.2) is 67.3 Å². The molecule has 5 rings (SSSR count). The van der Waals surface area contributed by atoms with Gasteiger partial charge in [0.2, 0.25) is 11.8 Å². The molecule has 356 valence electrons. The number of rotatable bonds is 23. The average Bonchev–Trinajstić information content (AvgIpc) is 3.80. The molecule has 2 aromatic carbocycles. The number of carbonyl (C=O) groups is 3. The van der Waals surface area contributed by atoms with Crippen LogP contribution in [0.3, 0.4) is 0 Å². The van der Waals surface area contributed by atoms with Crippen molar-refractivity contribution in [2.45, 2.75) is 63.8 Å². The van der Waals surface area contributed by atoms with Crippen LogP contribution in [0.4, 0.5) is 5.82 Å². The fourth-order valence-electron chi connectivity index (χ4n) is 6.01. The second-order valence-corrected chi connectivity index (χ2v) is 20.3. The summed E-state index contributed by atoms with van der Waals surface area (Å²) < 4.78 is 68.3. The number of ether oxygens (including phenoxy) is 2. The van der Waals surface area contributed by atoms with E-state index in [1.165, 1.54) is 13.8 Å². The molecule has 8 atom stereocenters. The van der Waals surface area contributed by atoms with E-state index in [4.69, 9.17) is 24.3 Å². The van der Waals surface area contributed by atoms with E-state index >= 15 is 0 Å². The maximum atomic E-state index is 12.8. The van der Waals surface area contributed by atoms with Crippen molar-refractivity contribution in [2.24, 2.45) is 5.41 Å². The predicted molar refractivity (Wildman–Crippen MR) is 228 cm³/mol. The summed E-state index contributed by atoms with van der Waals surface area (Å²) in [4.78, 5) is 89.1. The Morgan fingerprint density at radius 2 is 1.65 bits per heavy atom. The molecule has 0 saturated carbocycles. The number of amides is 2. The minimum Gasteiger partial charge on any atom is -0.457 e. The number of aromatic nitrogens is 4. The fraction of sp³-hybridized carbons (Fsp3) is 0.444. The number of nitrogen functional groups attached to an aromatic ring is 1. The first kappa shape index (κ1) is 51.8. The normalized spacial score (nSPS) is 20.6. The second-order valence-electron chi connectivity index (χ2n) is 14.9. The monoisotopic (exact) mass is 991 g/mol. The van der Waals surface area contributed by atoms with Gasteiger partial charge < -0.3 is 55.6 Å². The number of para-hydroxylation sites is 1. The third kappa shape index (κ3) is 14.9. The number of nitrogens with two attached hydrogens (primary N) is 1. The third-order valence-corrected chi connectivity index (χ3v) is 13.6. The summed E-state index contributed by atoms with van der Waals surface area (Å²) in [5.41, 5.74) is 5.00. The number of nitrogens with one attached hydrogen (secondary N) is 2. The summed E-state index contributed by atoms with van der Waals surface area (Å²) >= 11 is 1.04. The van der Waals surface area contributed by atoms with E-state index in [1.54, 1.807) is 25.1 Å². The van der Waals surface area contributed by atoms with Crippen LogP contribution in [0.5, 0.6) is 11.5 Å². The molecule has 2 unspecified atom stereocenters. The standard InChI is InChI=1S/C36H48N7O18P3S/c1-21(22-8-7-11-24(16-22)58-23-9-5-4-6-10-23)35(48)65-15-14-38-26(44)12-13-39-33(47)30(46)36(2,3)18-57-64(54,55)61-63(52,53)56-17-25-29(60-62(49,50)51)28(45)34(59-25)43-20-42-27-31(37)40-19-41-32(27)43/h4-11,16,19-21,25,28-30,34,45-46H,12-15,17-18H2,1-3H3,(H,38,44)(H,39,47)(H,52,53)(H,54,55)(H2,37,40,41)(H2,49,50,51)/t21-,25-,28+,29+,30-,34+/m0/s1. The molecule has 29 heteroatoms. The van der Waals surface area contributed by atoms with Gasteiger partial charge in [-0.15, -0.1) is 0 Å². The maximum absolute atomic E-state index is 12.8. The zero-order valence-corrected chi connectivity index (χ0v) is 38.3. The number of imidazole rings is 1. The van der Waals surface area contributed by atoms with E-state index in [2.05, 4.69) is 34.4 Å². The Morgan fingerprint density at radius 3 is 2.35 bits per heavy atom. The molecular formula is C36H48N7O18P3S. The first-order valence-corrected chi connectivity index (χ1v) is 24.8. The molecule has 2 amide bonds. The second kappa shape index (κ2) is 22.1. The highest BCUT2D eigenvalue weighted by atomic mass is 32.2. The number of fused-ring (bicyclic) bond motifs is 1. The lowest BCUT2D eigenvalue weighted by molar-refractivity contribution is -0.137. The molecule has 65 heavy (non-hydrogen) atoms. The van der Waals surface area contributed by atoms with Crippen molar-refractivity contribution >= 4 is 69.1 Å². The topological polar surface area (TPSA) is 373 Å². The van der Waals surface area contributed by atoms with Gasteiger partial charge in [0.15, 0.2) is 22.8 Å². The highest BCUT2D eigenvalue weighted by Gasteiger charge is 2.50. The molecule has 1 aliphatic heterocycles. The van der Waals surface area contributed by atoms with Gasteiger partial charge in [-0.3, -0.25) is 32.5 Å². The summed E-state index contributed by atoms with van der Waals surface area (Å²) in [6.45, 7) is 2.15. The smallest absolute Gasteiger partial charge is 0.457 e. The number of benzene rings is 2. The molecule has 4 aromatic rings. The van der Waals surface area contributed by atoms with Gasteiger partial charge in [0.1, 0.15) is 47.8 Å². The highest BCUT2D eigenvalue weighted by molar-refractivity contribution is 8.13. The number of hydrogen-bond donors (Lipinski definition) is 9. The SMILES string of the molecule is C[C@H](C(=O)SCCNC(=O)CCNC(=O)[C@H](O)C(C)(C)COP(=O)(O)OP(=O)(O)OC[C@@H]1O[C@@H](n2cnc3c(N)ncnc32)[C@H](O)[C@@H]1OP(=O)(O)O)c1cccc(Oc2ccccc2)c1. The van der Waals surface area contributed by atoms with E-state index in [1.807, 2.05) is 36.4 Å². The molecule has 10 N–H and O–H groups in total. The quantitative estimate of drug-likeness (QED) is 0.0380. The number of phosphoric acid groups is 3. The van der Waals surface area contributed by atoms with Gasteiger partial charge in [-0.05, 0) is 29.8 Å². The molecule has 2 aromatic heterocycles. The number of aliphatic hydroxyl groups excluding tert-OH is 2. The van der Waals surface area contributed by atoms with E-state index in [0.717, 1.165) is 34.5 Å². The molecule has 0 bridgehead atoms. The van der Waals surface area contributed by atoms with E-state index in [-0.39, 0.29) is 47.4 Å². The number of thioether (sulfide) groups is 1. The number of nitrogens with zero attached hydrogens (tertiary/aromatic N) is 4. The molecule has 1 aliphatic rings. The first-order valence-electron chi connectivity index (χ1n) is 19.3. The molecule has 0 aliphatic carbocycles. The Kier molecular flexibility index (Phi) is 17.6. The van der Waals surface area contributed by atoms with Crippen LogP contribution < -0.4 is 21.1 Å². The van der Waals surface area contributed by atoms with E-state index < -0.39 is 90.5 Å². The largest absolute Gasteiger partial charge is 0.481 e. The van der Waals surface area contributed by atoms with Crippen LogP contribution >= 0.6 is 35.2 Å². The van der Waals surface area contributed by atoms with Crippen molar-refractivity contribution in [3.63, 3.8) is 0 Å². The number of phosphoric ester groups is 3. The van der Waals surface area contributed by atoms with Gasteiger partial charge in [-0.1, -0.05) is 62.9 Å². The molecule has 3 heterocycles. The van der Waals surface area contributed by atoms with Crippen LogP contribution in [0.1, 0.15) is 44.9 Å². The summed E-state index contributed by atoms with van der Waals surface area (Å²) in [5, 5.41) is 26.5. The Hall–Kier alpha value is -4.20. The predicted octanol–water partition coefficient (Wildman–Crippen LogP) is 2.26. The van der Waals surface area contributed by atoms with Gasteiger partial charge in [-0.2, -0.15) is 4.31 Å². The summed E-state index contributed by atoms with van der Waals surface area (Å²) in [6.07, 6.45) is -7.01. The zero-order valence-electron chi connectivity index (χ0n) is 34.8. The lowest BCUT2D eigenvalue weighted by Crippen LogP contribution is -2.46. The molecule has 1 fully saturated rings. The molecular weight excluding hydrogens is 943 g/mol. The molecule has 25 nitrogen and oxygen atoms in total. The number of aliphatic hydroxyl groups is 2. The van der Waals surface area contributed by atoms with Gasteiger partial charge in [0, 0.05) is 30.7 Å². The van der Waals surface area contributed by atoms with Crippen molar-refractivity contribution < 1.29 is 85.2 Å². The van der Waals surface area contributed by atoms with Gasteiger partial charge in [0.25, 0.3) is 0 Å². The Bertz CT molecular complexity index is 2450. The van der Waals surface area contributed by atoms with Crippen molar-refractivity contribution in [3.05, 3.63) is 72.8 Å². The Balaban J connectivity index is 1.02. The Morgan fingerprint density at radius 1 is 0.954 bits per heavy atom. The lowest BCUT2D eigenvalue weighted by atomic mass is 9.87. The molecule has 0 radical (unpaired) electrons. The van der Waals surface area contributed by atoms with Crippen LogP contribution in [0, 0.1) is 5.41 Å². The fourth-order valence-corrected chi connectivity index (χ4v) is 9.64. The number of hydrogen-bond acceptors (Lipinski definition) is 19. The average molecular weight is 992 g/mol. The van der Waals surface area contributed by atoms with Gasteiger partial charge in [-0.25, -0.2) is 28.6 Å². The van der Waals surface area contributed by atoms with E-state index in [9.17, 15) is 57.9 Å². The summed E-state index contributed by atoms with van der Waals surface area (Å²) in [7, 11) is -16.5. The minimum absolute atomic E-state index is 0.0260. The maximum Gasteiger partial charge on any atom is 0.481 e. The van der Waals surface area contributed by atoms with Gasteiger partial charge in [0.05, 0.1) is 25.5 Å². The highest BCUT2D eigenvalue weighted by Crippen LogP contribution is 2.61. The van der Waals surface area contributed by atoms with Crippen LogP contribution in [-0.2, 0) is 50.7 Å². The van der Waals surface area contributed by atoms with Crippen LogP contribution in [0.2, 0.25) is 0 Å². The van der Waals surface area contributed by atoms with Crippen LogP contribution in [0.25, 0.3) is 11.2 Å². The van der Waals surface area contributed by atoms with Crippen molar-refractivity contribution in [1.29, 1.82) is 0 Å². The number of carbonyl (C=O) groups excluding carboxylic acids is 3. The van der Waals surface area contributed by atoms with Crippen molar-refractivity contribution in [3.8, 4) is 11.5 Å². The summed E-state index contributed by atoms with van der Waals surface area (Å²) in [5.74, 6) is -0.437.